The molecule has 0 aliphatic carbocycles. The number of nitrogens with two attached hydrogens (primary N) is 3. The minimum atomic E-state index is -1.39. The average molecular weight is 910 g/mol. The maximum Gasteiger partial charge on any atom is 0.243 e. The van der Waals surface area contributed by atoms with Crippen LogP contribution in [0.2, 0.25) is 0 Å². The van der Waals surface area contributed by atoms with Crippen LogP contribution in [0.15, 0.2) is 42.9 Å². The standard InChI is InChI=1S/C41H63N15O9/c1-24(57)51-29(11-5-6-16-42)37(62)54-30-13-7-17-47-33(58)15-14-27(35(43)60)52-34(59)22-49-36(61)28(12-8-18-48-41(44)45)53-39(64)31(19-25-9-3-2-4-10-25)55-40(65)32(56-38(30)63)20-26-21-46-23-50-26/h2-4,9-10,21,23,27-32H,5-8,11-20,22,42H2,1H3,(H2,43,60)(H,46,50)(H,47,58)(H,49,61)(H,51,57)(H,52,59)(H,53,64)(H,54,62)(H,55,65)(H,56,63)(H4,44,45,48)/t27-,28-,29-,30-,31+,32-/m0/s1. The van der Waals surface area contributed by atoms with Gasteiger partial charge < -0.3 is 70.0 Å². The zero-order valence-corrected chi connectivity index (χ0v) is 36.5. The zero-order chi connectivity index (χ0) is 47.7. The third-order valence-corrected chi connectivity index (χ3v) is 10.2. The first-order chi connectivity index (χ1) is 31.1. The van der Waals surface area contributed by atoms with Crippen molar-refractivity contribution in [2.75, 3.05) is 26.2 Å². The fourth-order valence-electron chi connectivity index (χ4n) is 6.76. The number of amides is 9. The molecule has 3 rings (SSSR count). The normalized spacial score (nSPS) is 21.4. The van der Waals surface area contributed by atoms with Crippen molar-refractivity contribution in [3.8, 4) is 0 Å². The van der Waals surface area contributed by atoms with Crippen LogP contribution in [0.4, 0.5) is 0 Å². The number of carbonyl (C=O) groups is 9. The lowest BCUT2D eigenvalue weighted by atomic mass is 10.0. The first-order valence-electron chi connectivity index (χ1n) is 21.5. The first kappa shape index (κ1) is 52.2. The summed E-state index contributed by atoms with van der Waals surface area (Å²) < 4.78 is 0. The van der Waals surface area contributed by atoms with Crippen molar-refractivity contribution in [1.29, 1.82) is 5.41 Å². The molecule has 6 atom stereocenters. The van der Waals surface area contributed by atoms with E-state index in [2.05, 4.69) is 57.8 Å². The molecule has 1 saturated heterocycles. The Bertz CT molecular complexity index is 1930. The van der Waals surface area contributed by atoms with E-state index in [-0.39, 0.29) is 76.8 Å². The molecule has 9 amide bonds. The van der Waals surface area contributed by atoms with Gasteiger partial charge in [-0.15, -0.1) is 0 Å². The minimum Gasteiger partial charge on any atom is -0.370 e. The number of hydrogen-bond donors (Lipinski definition) is 14. The van der Waals surface area contributed by atoms with E-state index < -0.39 is 96.0 Å². The van der Waals surface area contributed by atoms with Crippen LogP contribution < -0.4 is 65.1 Å². The molecule has 1 aliphatic rings. The van der Waals surface area contributed by atoms with Gasteiger partial charge in [0.05, 0.1) is 18.6 Å². The van der Waals surface area contributed by atoms with Gasteiger partial charge in [0.2, 0.25) is 53.2 Å². The van der Waals surface area contributed by atoms with Crippen molar-refractivity contribution in [3.63, 3.8) is 0 Å². The van der Waals surface area contributed by atoms with Gasteiger partial charge >= 0.3 is 0 Å². The van der Waals surface area contributed by atoms with Crippen LogP contribution in [0, 0.1) is 5.41 Å². The van der Waals surface area contributed by atoms with Crippen molar-refractivity contribution < 1.29 is 43.2 Å². The Kier molecular flexibility index (Phi) is 22.4. The van der Waals surface area contributed by atoms with Gasteiger partial charge in [-0.2, -0.15) is 0 Å². The topological polar surface area (TPSA) is 392 Å². The molecule has 2 aromatic rings. The smallest absolute Gasteiger partial charge is 0.243 e. The first-order valence-corrected chi connectivity index (χ1v) is 21.5. The highest BCUT2D eigenvalue weighted by Crippen LogP contribution is 2.10. The second-order valence-corrected chi connectivity index (χ2v) is 15.5. The number of aromatic nitrogens is 2. The van der Waals surface area contributed by atoms with E-state index in [1.54, 1.807) is 30.3 Å². The number of carbonyl (C=O) groups excluding carboxylic acids is 9. The molecule has 1 aliphatic heterocycles. The van der Waals surface area contributed by atoms with Crippen LogP contribution in [0.25, 0.3) is 0 Å². The summed E-state index contributed by atoms with van der Waals surface area (Å²) in [4.78, 5) is 127. The molecule has 24 nitrogen and oxygen atoms in total. The SMILES string of the molecule is CC(=O)N[C@@H](CCCCN)C(=O)N[C@H]1CCCNC(=O)CC[C@@H](C(N)=O)NC(=O)CNC(=O)[C@H](CCCNC(=N)N)NC(=O)[C@@H](Cc2ccccc2)NC(=O)[C@H](Cc2c[nH]cn2)NC1=O. The number of H-pyrrole nitrogens is 1. The second-order valence-electron chi connectivity index (χ2n) is 15.5. The number of imidazole rings is 1. The van der Waals surface area contributed by atoms with E-state index in [0.717, 1.165) is 0 Å². The van der Waals surface area contributed by atoms with Gasteiger partial charge in [-0.05, 0) is 63.5 Å². The molecular formula is C41H63N15O9. The Morgan fingerprint density at radius 3 is 2.17 bits per heavy atom. The van der Waals surface area contributed by atoms with E-state index in [1.807, 2.05) is 0 Å². The van der Waals surface area contributed by atoms with Crippen LogP contribution in [0.1, 0.15) is 76.0 Å². The van der Waals surface area contributed by atoms with Crippen LogP contribution >= 0.6 is 0 Å². The van der Waals surface area contributed by atoms with E-state index >= 15 is 0 Å². The predicted molar refractivity (Wildman–Crippen MR) is 235 cm³/mol. The summed E-state index contributed by atoms with van der Waals surface area (Å²) in [5.74, 6) is -6.98. The highest BCUT2D eigenvalue weighted by Gasteiger charge is 2.33. The molecule has 0 unspecified atom stereocenters. The number of nitrogens with one attached hydrogen (secondary N) is 11. The molecule has 0 spiro atoms. The summed E-state index contributed by atoms with van der Waals surface area (Å²) in [7, 11) is 0. The average Bonchev–Trinajstić information content (AvgIpc) is 3.78. The van der Waals surface area contributed by atoms with Crippen molar-refractivity contribution >= 4 is 59.1 Å². The van der Waals surface area contributed by atoms with Crippen LogP contribution in [-0.4, -0.2) is 132 Å². The van der Waals surface area contributed by atoms with Gasteiger partial charge in [0.15, 0.2) is 5.96 Å². The van der Waals surface area contributed by atoms with Crippen LogP contribution in [0.5, 0.6) is 0 Å². The van der Waals surface area contributed by atoms with E-state index in [0.29, 0.717) is 30.6 Å². The molecule has 1 fully saturated rings. The van der Waals surface area contributed by atoms with Gasteiger partial charge in [-0.1, -0.05) is 30.3 Å². The molecule has 65 heavy (non-hydrogen) atoms. The Labute approximate surface area is 376 Å². The monoisotopic (exact) mass is 909 g/mol. The maximum absolute atomic E-state index is 14.4. The molecule has 0 bridgehead atoms. The van der Waals surface area contributed by atoms with Gasteiger partial charge in [-0.25, -0.2) is 4.98 Å². The summed E-state index contributed by atoms with van der Waals surface area (Å²) in [5, 5.41) is 30.9. The van der Waals surface area contributed by atoms with Gasteiger partial charge in [0.1, 0.15) is 36.3 Å². The van der Waals surface area contributed by atoms with Crippen molar-refractivity contribution in [2.24, 2.45) is 17.2 Å². The number of benzene rings is 1. The molecule has 24 heteroatoms. The number of aromatic amines is 1. The van der Waals surface area contributed by atoms with Gasteiger partial charge in [0.25, 0.3) is 0 Å². The third kappa shape index (κ3) is 19.9. The molecule has 0 saturated carbocycles. The van der Waals surface area contributed by atoms with E-state index in [1.165, 1.54) is 19.4 Å². The highest BCUT2D eigenvalue weighted by atomic mass is 16.2. The van der Waals surface area contributed by atoms with Gasteiger partial charge in [-0.3, -0.25) is 48.6 Å². The Balaban J connectivity index is 2.05. The Hall–Kier alpha value is -7.11. The fraction of sp³-hybridized carbons (Fsp3) is 0.537. The number of hydrogen-bond acceptors (Lipinski definition) is 12. The maximum atomic E-state index is 14.4. The number of unbranched alkanes of at least 4 members (excludes halogenated alkanes) is 1. The molecule has 1 aromatic carbocycles. The van der Waals surface area contributed by atoms with Crippen molar-refractivity contribution in [2.45, 2.75) is 114 Å². The molecule has 2 heterocycles. The predicted octanol–water partition coefficient (Wildman–Crippen LogP) is -4.19. The van der Waals surface area contributed by atoms with Crippen LogP contribution in [0.3, 0.4) is 0 Å². The minimum absolute atomic E-state index is 0.00316. The Morgan fingerprint density at radius 1 is 0.831 bits per heavy atom. The zero-order valence-electron chi connectivity index (χ0n) is 36.5. The Morgan fingerprint density at radius 2 is 1.52 bits per heavy atom. The summed E-state index contributed by atoms with van der Waals surface area (Å²) in [5.41, 5.74) is 17.5. The number of guanidine groups is 1. The van der Waals surface area contributed by atoms with E-state index in [9.17, 15) is 43.2 Å². The van der Waals surface area contributed by atoms with E-state index in [4.69, 9.17) is 22.6 Å². The van der Waals surface area contributed by atoms with Crippen molar-refractivity contribution in [3.05, 3.63) is 54.1 Å². The van der Waals surface area contributed by atoms with Crippen molar-refractivity contribution in [1.82, 2.24) is 57.8 Å². The molecule has 356 valence electrons. The number of rotatable bonds is 16. The fourth-order valence-corrected chi connectivity index (χ4v) is 6.76. The largest absolute Gasteiger partial charge is 0.370 e. The summed E-state index contributed by atoms with van der Waals surface area (Å²) >= 11 is 0. The lowest BCUT2D eigenvalue weighted by molar-refractivity contribution is -0.135. The van der Waals surface area contributed by atoms with Gasteiger partial charge in [0, 0.05) is 45.5 Å². The third-order valence-electron chi connectivity index (χ3n) is 10.2. The molecule has 1 aromatic heterocycles. The quantitative estimate of drug-likeness (QED) is 0.0432. The summed E-state index contributed by atoms with van der Waals surface area (Å²) in [6.07, 6.45) is 3.71. The number of primary amides is 1. The molecule has 0 radical (unpaired) electrons. The second kappa shape index (κ2) is 27.8. The van der Waals surface area contributed by atoms with Crippen LogP contribution in [-0.2, 0) is 56.0 Å². The lowest BCUT2D eigenvalue weighted by Gasteiger charge is -2.27. The lowest BCUT2D eigenvalue weighted by Crippen LogP contribution is -2.60. The highest BCUT2D eigenvalue weighted by molar-refractivity contribution is 5.97. The summed E-state index contributed by atoms with van der Waals surface area (Å²) in [6, 6.07) is 1.01. The molecule has 17 N–H and O–H groups in total. The summed E-state index contributed by atoms with van der Waals surface area (Å²) in [6.45, 7) is 1.11. The number of nitrogens with zero attached hydrogens (tertiary/aromatic N) is 1. The molecular weight excluding hydrogens is 847 g/mol.